The lowest BCUT2D eigenvalue weighted by atomic mass is 9.95. The van der Waals surface area contributed by atoms with Gasteiger partial charge in [0.15, 0.2) is 35.4 Å². The molecule has 0 bridgehead atoms. The van der Waals surface area contributed by atoms with E-state index in [-0.39, 0.29) is 53.3 Å². The number of nitrogens with zero attached hydrogens (tertiary/aromatic N) is 2. The lowest BCUT2D eigenvalue weighted by Gasteiger charge is -2.35. The molecule has 0 aliphatic carbocycles. The molecule has 3 aromatic carbocycles. The molecule has 5 rings (SSSR count). The predicted molar refractivity (Wildman–Crippen MR) is 178 cm³/mol. The van der Waals surface area contributed by atoms with E-state index in [0.29, 0.717) is 61.3 Å². The van der Waals surface area contributed by atoms with Gasteiger partial charge in [-0.3, -0.25) is 24.1 Å². The van der Waals surface area contributed by atoms with Crippen LogP contribution in [-0.2, 0) is 20.9 Å². The number of ketones is 1. The average Bonchev–Trinajstić information content (AvgIpc) is 3.09. The first-order valence-electron chi connectivity index (χ1n) is 15.9. The fourth-order valence-corrected chi connectivity index (χ4v) is 5.95. The van der Waals surface area contributed by atoms with Gasteiger partial charge in [-0.25, -0.2) is 0 Å². The number of Topliss-reactive ketones (excluding diaryl/α,β-unsaturated/α-hetero) is 1. The topological polar surface area (TPSA) is 149 Å². The molecule has 1 unspecified atom stereocenters. The van der Waals surface area contributed by atoms with Crippen molar-refractivity contribution in [2.45, 2.75) is 32.9 Å². The zero-order valence-electron chi connectivity index (χ0n) is 28.9. The number of carbonyl (C=O) groups is 4. The van der Waals surface area contributed by atoms with E-state index in [0.717, 1.165) is 5.56 Å². The highest BCUT2D eigenvalue weighted by molar-refractivity contribution is 6.03. The largest absolute Gasteiger partial charge is 0.493 e. The second-order valence-corrected chi connectivity index (χ2v) is 11.6. The molecule has 1 atom stereocenters. The van der Waals surface area contributed by atoms with Gasteiger partial charge in [0.05, 0.1) is 34.9 Å². The summed E-state index contributed by atoms with van der Waals surface area (Å²) in [4.78, 5) is 54.1. The molecule has 14 nitrogen and oxygen atoms in total. The number of benzene rings is 3. The molecular formula is C36H40N2O12. The van der Waals surface area contributed by atoms with E-state index in [2.05, 4.69) is 4.90 Å². The molecule has 1 amide bonds. The molecule has 3 aromatic rings. The maximum Gasteiger partial charge on any atom is 0.308 e. The van der Waals surface area contributed by atoms with Gasteiger partial charge in [-0.05, 0) is 23.8 Å². The van der Waals surface area contributed by atoms with Gasteiger partial charge in [0.2, 0.25) is 5.75 Å². The summed E-state index contributed by atoms with van der Waals surface area (Å²) in [5.41, 5.74) is 1.58. The summed E-state index contributed by atoms with van der Waals surface area (Å²) < 4.78 is 44.5. The summed E-state index contributed by atoms with van der Waals surface area (Å²) in [6.45, 7) is 5.01. The summed E-state index contributed by atoms with van der Waals surface area (Å²) in [5.74, 6) is 0.749. The molecule has 0 radical (unpaired) electrons. The van der Waals surface area contributed by atoms with Crippen molar-refractivity contribution in [2.75, 3.05) is 61.2 Å². The standard InChI is InChI=1S/C36H40N2O12/c1-21(39)48-30-15-23(7-9-27(30)43-3)29-18-26(41)34-31(49-22(2)40)16-25(17-32(34)50-29)47-20-33(42)38-13-11-37(12-14-38)19-24-8-10-28(44-4)36(46-6)35(24)45-5/h7-10,15-17,29H,11-14,18-20H2,1-6H3. The van der Waals surface area contributed by atoms with Crippen molar-refractivity contribution in [3.05, 3.63) is 59.2 Å². The molecule has 0 saturated carbocycles. The minimum Gasteiger partial charge on any atom is -0.493 e. The van der Waals surface area contributed by atoms with E-state index in [9.17, 15) is 19.2 Å². The van der Waals surface area contributed by atoms with Crippen molar-refractivity contribution >= 4 is 23.6 Å². The van der Waals surface area contributed by atoms with E-state index in [1.54, 1.807) is 44.4 Å². The maximum atomic E-state index is 13.4. The van der Waals surface area contributed by atoms with Crippen molar-refractivity contribution in [3.63, 3.8) is 0 Å². The van der Waals surface area contributed by atoms with Crippen LogP contribution in [0.15, 0.2) is 42.5 Å². The lowest BCUT2D eigenvalue weighted by Crippen LogP contribution is -2.49. The minimum absolute atomic E-state index is 0.0320. The Morgan fingerprint density at radius 2 is 1.42 bits per heavy atom. The minimum atomic E-state index is -0.757. The van der Waals surface area contributed by atoms with Crippen molar-refractivity contribution in [1.82, 2.24) is 9.80 Å². The van der Waals surface area contributed by atoms with Crippen molar-refractivity contribution in [2.24, 2.45) is 0 Å². The molecule has 2 aliphatic heterocycles. The van der Waals surface area contributed by atoms with Crippen molar-refractivity contribution < 1.29 is 57.1 Å². The summed E-state index contributed by atoms with van der Waals surface area (Å²) in [7, 11) is 6.16. The Labute approximate surface area is 289 Å². The Hall–Kier alpha value is -5.50. The van der Waals surface area contributed by atoms with Gasteiger partial charge in [-0.2, -0.15) is 0 Å². The fraction of sp³-hybridized carbons (Fsp3) is 0.389. The second-order valence-electron chi connectivity index (χ2n) is 11.6. The van der Waals surface area contributed by atoms with Crippen LogP contribution in [0.2, 0.25) is 0 Å². The molecule has 0 N–H and O–H groups in total. The molecule has 2 heterocycles. The van der Waals surface area contributed by atoms with E-state index < -0.39 is 18.0 Å². The molecular weight excluding hydrogens is 652 g/mol. The highest BCUT2D eigenvalue weighted by atomic mass is 16.6. The quantitative estimate of drug-likeness (QED) is 0.199. The molecule has 266 valence electrons. The van der Waals surface area contributed by atoms with Crippen LogP contribution in [-0.4, -0.2) is 94.7 Å². The summed E-state index contributed by atoms with van der Waals surface area (Å²) in [6, 6.07) is 11.5. The first-order chi connectivity index (χ1) is 24.0. The van der Waals surface area contributed by atoms with Gasteiger partial charge >= 0.3 is 11.9 Å². The molecule has 14 heteroatoms. The number of hydrogen-bond acceptors (Lipinski definition) is 13. The third-order valence-electron chi connectivity index (χ3n) is 8.29. The van der Waals surface area contributed by atoms with Gasteiger partial charge in [-0.15, -0.1) is 0 Å². The Balaban J connectivity index is 1.26. The number of carbonyl (C=O) groups excluding carboxylic acids is 4. The van der Waals surface area contributed by atoms with Gasteiger partial charge in [0, 0.05) is 64.3 Å². The van der Waals surface area contributed by atoms with Crippen LogP contribution >= 0.6 is 0 Å². The van der Waals surface area contributed by atoms with Gasteiger partial charge < -0.3 is 42.8 Å². The Morgan fingerprint density at radius 1 is 0.760 bits per heavy atom. The second kappa shape index (κ2) is 15.8. The zero-order chi connectivity index (χ0) is 35.9. The van der Waals surface area contributed by atoms with E-state index in [4.69, 9.17) is 37.9 Å². The van der Waals surface area contributed by atoms with Gasteiger partial charge in [-0.1, -0.05) is 12.1 Å². The molecule has 2 aliphatic rings. The van der Waals surface area contributed by atoms with Crippen LogP contribution < -0.4 is 37.9 Å². The zero-order valence-corrected chi connectivity index (χ0v) is 28.9. The van der Waals surface area contributed by atoms with Crippen molar-refractivity contribution in [1.29, 1.82) is 0 Å². The van der Waals surface area contributed by atoms with E-state index in [1.807, 2.05) is 12.1 Å². The number of hydrogen-bond donors (Lipinski definition) is 0. The Kier molecular flexibility index (Phi) is 11.3. The van der Waals surface area contributed by atoms with Gasteiger partial charge in [0.25, 0.3) is 5.91 Å². The highest BCUT2D eigenvalue weighted by Gasteiger charge is 2.33. The number of amides is 1. The molecule has 0 spiro atoms. The van der Waals surface area contributed by atoms with Crippen LogP contribution in [0.3, 0.4) is 0 Å². The lowest BCUT2D eigenvalue weighted by molar-refractivity contribution is -0.135. The highest BCUT2D eigenvalue weighted by Crippen LogP contribution is 2.44. The maximum absolute atomic E-state index is 13.4. The average molecular weight is 693 g/mol. The molecule has 0 aromatic heterocycles. The monoisotopic (exact) mass is 692 g/mol. The van der Waals surface area contributed by atoms with Gasteiger partial charge in [0.1, 0.15) is 28.9 Å². The van der Waals surface area contributed by atoms with E-state index in [1.165, 1.54) is 33.1 Å². The molecule has 50 heavy (non-hydrogen) atoms. The number of fused-ring (bicyclic) bond motifs is 1. The first-order valence-corrected chi connectivity index (χ1v) is 15.9. The number of ether oxygens (including phenoxy) is 8. The van der Waals surface area contributed by atoms with Crippen LogP contribution in [0.25, 0.3) is 0 Å². The fourth-order valence-electron chi connectivity index (χ4n) is 5.95. The van der Waals surface area contributed by atoms with Crippen LogP contribution in [0, 0.1) is 0 Å². The number of piperazine rings is 1. The number of esters is 2. The summed E-state index contributed by atoms with van der Waals surface area (Å²) in [5, 5.41) is 0. The smallest absolute Gasteiger partial charge is 0.308 e. The van der Waals surface area contributed by atoms with E-state index >= 15 is 0 Å². The third-order valence-corrected chi connectivity index (χ3v) is 8.29. The predicted octanol–water partition coefficient (Wildman–Crippen LogP) is 4.00. The van der Waals surface area contributed by atoms with Crippen LogP contribution in [0.1, 0.15) is 47.9 Å². The Morgan fingerprint density at radius 3 is 2.06 bits per heavy atom. The first kappa shape index (κ1) is 35.8. The summed E-state index contributed by atoms with van der Waals surface area (Å²) in [6.07, 6.45) is -0.830. The third kappa shape index (κ3) is 8.03. The molecule has 1 fully saturated rings. The van der Waals surface area contributed by atoms with Crippen molar-refractivity contribution in [3.8, 4) is 46.0 Å². The number of methoxy groups -OCH3 is 4. The summed E-state index contributed by atoms with van der Waals surface area (Å²) >= 11 is 0. The van der Waals surface area contributed by atoms with Crippen LogP contribution in [0.4, 0.5) is 0 Å². The molecule has 1 saturated heterocycles. The Bertz CT molecular complexity index is 1770. The SMILES string of the molecule is COc1ccc(C2CC(=O)c3c(OC(C)=O)cc(OCC(=O)N4CCN(Cc5ccc(OC)c(OC)c5OC)CC4)cc3O2)cc1OC(C)=O. The van der Waals surface area contributed by atoms with Crippen LogP contribution in [0.5, 0.6) is 46.0 Å². The number of rotatable bonds is 12. The normalized spacial score (nSPS) is 15.7.